The molecule has 0 atom stereocenters. The van der Waals surface area contributed by atoms with Gasteiger partial charge in [-0.25, -0.2) is 0 Å². The molecule has 2 aromatic rings. The largest absolute Gasteiger partial charge is 0.383 e. The predicted molar refractivity (Wildman–Crippen MR) is 98.8 cm³/mol. The second-order valence-electron chi connectivity index (χ2n) is 5.83. The van der Waals surface area contributed by atoms with E-state index in [1.54, 1.807) is 12.4 Å². The summed E-state index contributed by atoms with van der Waals surface area (Å²) in [7, 11) is 3.94. The van der Waals surface area contributed by atoms with Crippen LogP contribution in [0.4, 0.5) is 5.69 Å². The van der Waals surface area contributed by atoms with Crippen molar-refractivity contribution < 1.29 is 4.79 Å². The van der Waals surface area contributed by atoms with Gasteiger partial charge >= 0.3 is 0 Å². The van der Waals surface area contributed by atoms with Gasteiger partial charge in [-0.15, -0.1) is 0 Å². The second-order valence-corrected chi connectivity index (χ2v) is 6.26. The number of carbonyl (C=O) groups is 1. The van der Waals surface area contributed by atoms with Crippen molar-refractivity contribution in [1.29, 1.82) is 0 Å². The number of halogens is 1. The third-order valence-electron chi connectivity index (χ3n) is 3.48. The van der Waals surface area contributed by atoms with Crippen molar-refractivity contribution in [2.24, 2.45) is 0 Å². The normalized spacial score (nSPS) is 10.7. The fourth-order valence-electron chi connectivity index (χ4n) is 2.20. The molecule has 0 saturated heterocycles. The van der Waals surface area contributed by atoms with E-state index in [1.165, 1.54) is 5.56 Å². The van der Waals surface area contributed by atoms with E-state index in [0.29, 0.717) is 12.1 Å². The van der Waals surface area contributed by atoms with E-state index >= 15 is 0 Å². The summed E-state index contributed by atoms with van der Waals surface area (Å²) in [6, 6.07) is 9.62. The number of hydrogen-bond acceptors (Lipinski definition) is 4. The number of aromatic nitrogens is 1. The number of nitrogens with zero attached hydrogens (tertiary/aromatic N) is 2. The summed E-state index contributed by atoms with van der Waals surface area (Å²) in [6.07, 6.45) is 4.14. The minimum atomic E-state index is -0.108. The Hall–Kier alpha value is -2.11. The number of likely N-dealkylation sites (N-methyl/N-ethyl adjacent to an activating group) is 1. The van der Waals surface area contributed by atoms with Crippen LogP contribution in [0.1, 0.15) is 15.9 Å². The van der Waals surface area contributed by atoms with Gasteiger partial charge in [0, 0.05) is 37.1 Å². The Balaban J connectivity index is 1.84. The van der Waals surface area contributed by atoms with Crippen molar-refractivity contribution in [2.75, 3.05) is 39.0 Å². The van der Waals surface area contributed by atoms with Gasteiger partial charge in [0.25, 0.3) is 5.91 Å². The molecule has 5 nitrogen and oxygen atoms in total. The number of pyridine rings is 1. The Morgan fingerprint density at radius 3 is 2.79 bits per heavy atom. The van der Waals surface area contributed by atoms with Crippen LogP contribution >= 0.6 is 11.6 Å². The fourth-order valence-corrected chi connectivity index (χ4v) is 2.41. The van der Waals surface area contributed by atoms with Gasteiger partial charge in [0.1, 0.15) is 0 Å². The maximum Gasteiger partial charge on any atom is 0.252 e. The molecule has 1 aromatic heterocycles. The minimum Gasteiger partial charge on any atom is -0.383 e. The molecule has 128 valence electrons. The van der Waals surface area contributed by atoms with Gasteiger partial charge in [0.15, 0.2) is 0 Å². The standard InChI is InChI=1S/C18H23ClN4O/c1-23(2)9-8-22-18(24)15-11-17(13-20-12-15)21-7-6-14-4-3-5-16(19)10-14/h3-5,10-13,21H,6-9H2,1-2H3,(H,22,24). The summed E-state index contributed by atoms with van der Waals surface area (Å²) in [4.78, 5) is 18.3. The maximum absolute atomic E-state index is 12.1. The van der Waals surface area contributed by atoms with Crippen molar-refractivity contribution >= 4 is 23.2 Å². The molecule has 2 N–H and O–H groups in total. The predicted octanol–water partition coefficient (Wildman–Crippen LogP) is 2.68. The first kappa shape index (κ1) is 18.2. The molecule has 0 unspecified atom stereocenters. The fraction of sp³-hybridized carbons (Fsp3) is 0.333. The molecule has 2 rings (SSSR count). The average molecular weight is 347 g/mol. The molecule has 0 fully saturated rings. The van der Waals surface area contributed by atoms with Gasteiger partial charge in [-0.1, -0.05) is 23.7 Å². The van der Waals surface area contributed by atoms with Gasteiger partial charge in [-0.2, -0.15) is 0 Å². The second kappa shape index (κ2) is 9.25. The van der Waals surface area contributed by atoms with Crippen molar-refractivity contribution in [1.82, 2.24) is 15.2 Å². The van der Waals surface area contributed by atoms with E-state index in [-0.39, 0.29) is 5.91 Å². The van der Waals surface area contributed by atoms with E-state index in [0.717, 1.165) is 30.2 Å². The lowest BCUT2D eigenvalue weighted by Gasteiger charge is -2.11. The van der Waals surface area contributed by atoms with Crippen LogP contribution in [0, 0.1) is 0 Å². The van der Waals surface area contributed by atoms with Crippen LogP contribution in [-0.2, 0) is 6.42 Å². The number of hydrogen-bond donors (Lipinski definition) is 2. The summed E-state index contributed by atoms with van der Waals surface area (Å²) in [5.74, 6) is -0.108. The van der Waals surface area contributed by atoms with Crippen LogP contribution in [-0.4, -0.2) is 49.5 Å². The highest BCUT2D eigenvalue weighted by atomic mass is 35.5. The molecular formula is C18H23ClN4O. The Labute approximate surface area is 148 Å². The van der Waals surface area contributed by atoms with Gasteiger partial charge in [0.05, 0.1) is 11.3 Å². The van der Waals surface area contributed by atoms with Crippen molar-refractivity contribution in [3.8, 4) is 0 Å². The quantitative estimate of drug-likeness (QED) is 0.771. The molecule has 1 aromatic carbocycles. The number of amides is 1. The average Bonchev–Trinajstić information content (AvgIpc) is 2.55. The lowest BCUT2D eigenvalue weighted by atomic mass is 10.1. The van der Waals surface area contributed by atoms with Crippen LogP contribution in [0.2, 0.25) is 5.02 Å². The molecule has 1 heterocycles. The smallest absolute Gasteiger partial charge is 0.252 e. The zero-order valence-electron chi connectivity index (χ0n) is 14.1. The molecular weight excluding hydrogens is 324 g/mol. The lowest BCUT2D eigenvalue weighted by Crippen LogP contribution is -2.31. The zero-order valence-corrected chi connectivity index (χ0v) is 14.8. The highest BCUT2D eigenvalue weighted by Gasteiger charge is 2.06. The highest BCUT2D eigenvalue weighted by Crippen LogP contribution is 2.12. The molecule has 0 spiro atoms. The Kier molecular flexibility index (Phi) is 7.03. The van der Waals surface area contributed by atoms with Crippen LogP contribution < -0.4 is 10.6 Å². The third kappa shape index (κ3) is 6.18. The van der Waals surface area contributed by atoms with Crippen molar-refractivity contribution in [3.63, 3.8) is 0 Å². The Morgan fingerprint density at radius 2 is 2.04 bits per heavy atom. The molecule has 0 aliphatic carbocycles. The summed E-state index contributed by atoms with van der Waals surface area (Å²) < 4.78 is 0. The molecule has 0 aliphatic rings. The summed E-state index contributed by atoms with van der Waals surface area (Å²) in [5, 5.41) is 6.91. The highest BCUT2D eigenvalue weighted by molar-refractivity contribution is 6.30. The Bertz CT molecular complexity index is 676. The van der Waals surface area contributed by atoms with Gasteiger partial charge < -0.3 is 15.5 Å². The van der Waals surface area contributed by atoms with E-state index in [2.05, 4.69) is 15.6 Å². The van der Waals surface area contributed by atoms with Gasteiger partial charge in [-0.05, 0) is 44.3 Å². The summed E-state index contributed by atoms with van der Waals surface area (Å²) in [6.45, 7) is 2.16. The first-order valence-electron chi connectivity index (χ1n) is 7.91. The van der Waals surface area contributed by atoms with E-state index < -0.39 is 0 Å². The van der Waals surface area contributed by atoms with Crippen molar-refractivity contribution in [3.05, 3.63) is 58.9 Å². The van der Waals surface area contributed by atoms with E-state index in [4.69, 9.17) is 11.6 Å². The first-order valence-corrected chi connectivity index (χ1v) is 8.28. The van der Waals surface area contributed by atoms with E-state index in [1.807, 2.05) is 49.3 Å². The number of carbonyl (C=O) groups excluding carboxylic acids is 1. The zero-order chi connectivity index (χ0) is 17.4. The number of nitrogens with one attached hydrogen (secondary N) is 2. The molecule has 6 heteroatoms. The Morgan fingerprint density at radius 1 is 1.21 bits per heavy atom. The van der Waals surface area contributed by atoms with Crippen LogP contribution in [0.3, 0.4) is 0 Å². The maximum atomic E-state index is 12.1. The van der Waals surface area contributed by atoms with Crippen LogP contribution in [0.15, 0.2) is 42.7 Å². The van der Waals surface area contributed by atoms with Crippen molar-refractivity contribution in [2.45, 2.75) is 6.42 Å². The van der Waals surface area contributed by atoms with Crippen LogP contribution in [0.5, 0.6) is 0 Å². The number of rotatable bonds is 8. The molecule has 24 heavy (non-hydrogen) atoms. The van der Waals surface area contributed by atoms with Gasteiger partial charge in [0.2, 0.25) is 0 Å². The van der Waals surface area contributed by atoms with Gasteiger partial charge in [-0.3, -0.25) is 9.78 Å². The molecule has 0 radical (unpaired) electrons. The molecule has 0 saturated carbocycles. The molecule has 0 bridgehead atoms. The number of benzene rings is 1. The van der Waals surface area contributed by atoms with Crippen LogP contribution in [0.25, 0.3) is 0 Å². The topological polar surface area (TPSA) is 57.3 Å². The van der Waals surface area contributed by atoms with E-state index in [9.17, 15) is 4.79 Å². The molecule has 1 amide bonds. The SMILES string of the molecule is CN(C)CCNC(=O)c1cncc(NCCc2cccc(Cl)c2)c1. The monoisotopic (exact) mass is 346 g/mol. The lowest BCUT2D eigenvalue weighted by molar-refractivity contribution is 0.0950. The molecule has 0 aliphatic heterocycles. The minimum absolute atomic E-state index is 0.108. The summed E-state index contributed by atoms with van der Waals surface area (Å²) in [5.41, 5.74) is 2.55. The summed E-state index contributed by atoms with van der Waals surface area (Å²) >= 11 is 5.98. The third-order valence-corrected chi connectivity index (χ3v) is 3.71. The number of anilines is 1. The first-order chi connectivity index (χ1) is 11.5.